The first kappa shape index (κ1) is 19.7. The summed E-state index contributed by atoms with van der Waals surface area (Å²) in [5, 5.41) is 6.01. The van der Waals surface area contributed by atoms with Crippen molar-refractivity contribution in [2.75, 3.05) is 5.32 Å². The molecule has 0 aliphatic heterocycles. The smallest absolute Gasteiger partial charge is 0.227 e. The molecule has 2 aromatic carbocycles. The molecule has 1 aromatic heterocycles. The normalized spacial score (nSPS) is 11.8. The Morgan fingerprint density at radius 3 is 2.81 bits per heavy atom. The van der Waals surface area contributed by atoms with Crippen molar-refractivity contribution in [2.24, 2.45) is 5.92 Å². The van der Waals surface area contributed by atoms with Gasteiger partial charge in [-0.2, -0.15) is 0 Å². The third kappa shape index (κ3) is 5.45. The van der Waals surface area contributed by atoms with E-state index in [2.05, 4.69) is 10.3 Å². The fourth-order valence-electron chi connectivity index (χ4n) is 2.52. The van der Waals surface area contributed by atoms with Gasteiger partial charge in [0.2, 0.25) is 5.91 Å². The van der Waals surface area contributed by atoms with E-state index in [1.54, 1.807) is 17.6 Å². The molecular formula is C20H18Cl2N2O2S. The minimum atomic E-state index is -0.268. The van der Waals surface area contributed by atoms with Gasteiger partial charge in [-0.15, -0.1) is 11.3 Å². The summed E-state index contributed by atoms with van der Waals surface area (Å²) in [6.07, 6.45) is 0.518. The second-order valence-electron chi connectivity index (χ2n) is 6.09. The summed E-state index contributed by atoms with van der Waals surface area (Å²) in [5.74, 6) is 0.233. The number of halogens is 2. The van der Waals surface area contributed by atoms with Gasteiger partial charge in [0, 0.05) is 21.3 Å². The Kier molecular flexibility index (Phi) is 6.72. The van der Waals surface area contributed by atoms with E-state index in [0.717, 1.165) is 11.3 Å². The molecule has 0 saturated carbocycles. The van der Waals surface area contributed by atoms with Gasteiger partial charge in [0.25, 0.3) is 0 Å². The van der Waals surface area contributed by atoms with Gasteiger partial charge in [-0.05, 0) is 36.2 Å². The first-order chi connectivity index (χ1) is 13.0. The first-order valence-electron chi connectivity index (χ1n) is 8.36. The van der Waals surface area contributed by atoms with Crippen molar-refractivity contribution < 1.29 is 9.53 Å². The molecule has 0 bridgehead atoms. The van der Waals surface area contributed by atoms with Crippen molar-refractivity contribution in [3.05, 3.63) is 74.7 Å². The van der Waals surface area contributed by atoms with E-state index in [1.807, 2.05) is 42.6 Å². The van der Waals surface area contributed by atoms with Crippen LogP contribution in [-0.4, -0.2) is 10.9 Å². The average Bonchev–Trinajstić information content (AvgIpc) is 3.17. The number of thiazole rings is 1. The van der Waals surface area contributed by atoms with Gasteiger partial charge in [0.1, 0.15) is 12.4 Å². The van der Waals surface area contributed by atoms with Crippen LogP contribution in [0.3, 0.4) is 0 Å². The number of para-hydroxylation sites is 2. The van der Waals surface area contributed by atoms with Crippen LogP contribution in [0, 0.1) is 5.92 Å². The van der Waals surface area contributed by atoms with E-state index < -0.39 is 0 Å². The molecule has 140 valence electrons. The van der Waals surface area contributed by atoms with Crippen molar-refractivity contribution >= 4 is 46.1 Å². The van der Waals surface area contributed by atoms with E-state index in [4.69, 9.17) is 27.9 Å². The molecule has 27 heavy (non-hydrogen) atoms. The monoisotopic (exact) mass is 420 g/mol. The third-order valence-electron chi connectivity index (χ3n) is 3.99. The molecule has 0 spiro atoms. The Bertz CT molecular complexity index is 916. The van der Waals surface area contributed by atoms with Crippen molar-refractivity contribution in [2.45, 2.75) is 20.0 Å². The molecule has 1 amide bonds. The number of ether oxygens (including phenoxy) is 1. The molecule has 3 aromatic rings. The Morgan fingerprint density at radius 1 is 1.26 bits per heavy atom. The van der Waals surface area contributed by atoms with E-state index >= 15 is 0 Å². The summed E-state index contributed by atoms with van der Waals surface area (Å²) in [5.41, 5.74) is 4.13. The van der Waals surface area contributed by atoms with Crippen LogP contribution >= 0.6 is 34.5 Å². The number of amides is 1. The van der Waals surface area contributed by atoms with E-state index in [9.17, 15) is 4.79 Å². The molecule has 0 fully saturated rings. The van der Waals surface area contributed by atoms with Gasteiger partial charge < -0.3 is 10.1 Å². The van der Waals surface area contributed by atoms with Gasteiger partial charge in [-0.3, -0.25) is 4.79 Å². The predicted molar refractivity (Wildman–Crippen MR) is 111 cm³/mol. The van der Waals surface area contributed by atoms with Crippen LogP contribution in [0.25, 0.3) is 0 Å². The molecule has 0 saturated heterocycles. The van der Waals surface area contributed by atoms with Crippen LogP contribution in [0.15, 0.2) is 53.4 Å². The lowest BCUT2D eigenvalue weighted by Gasteiger charge is -2.16. The number of carbonyl (C=O) groups excluding carboxylic acids is 1. The number of anilines is 1. The number of aromatic nitrogens is 1. The van der Waals surface area contributed by atoms with E-state index in [-0.39, 0.29) is 11.8 Å². The van der Waals surface area contributed by atoms with Crippen molar-refractivity contribution in [3.63, 3.8) is 0 Å². The quantitative estimate of drug-likeness (QED) is 0.521. The highest BCUT2D eigenvalue weighted by atomic mass is 35.5. The number of benzene rings is 2. The maximum Gasteiger partial charge on any atom is 0.227 e. The summed E-state index contributed by atoms with van der Waals surface area (Å²) < 4.78 is 5.81. The van der Waals surface area contributed by atoms with E-state index in [0.29, 0.717) is 34.5 Å². The number of carbonyl (C=O) groups is 1. The molecule has 0 aliphatic rings. The zero-order chi connectivity index (χ0) is 19.2. The predicted octanol–water partition coefficient (Wildman–Crippen LogP) is 5.85. The van der Waals surface area contributed by atoms with Crippen LogP contribution in [0.1, 0.15) is 18.2 Å². The number of nitrogens with one attached hydrogen (secondary N) is 1. The first-order valence-corrected chi connectivity index (χ1v) is 10.1. The third-order valence-corrected chi connectivity index (χ3v) is 5.21. The van der Waals surface area contributed by atoms with Crippen molar-refractivity contribution in [3.8, 4) is 5.75 Å². The zero-order valence-electron chi connectivity index (χ0n) is 14.6. The molecule has 4 nitrogen and oxygen atoms in total. The lowest BCUT2D eigenvalue weighted by Crippen LogP contribution is -2.22. The highest BCUT2D eigenvalue weighted by Gasteiger charge is 2.17. The Hall–Kier alpha value is -2.08. The van der Waals surface area contributed by atoms with Crippen LogP contribution in [0.4, 0.5) is 5.69 Å². The highest BCUT2D eigenvalue weighted by Crippen LogP contribution is 2.27. The molecule has 7 heteroatoms. The summed E-state index contributed by atoms with van der Waals surface area (Å²) >= 11 is 13.7. The van der Waals surface area contributed by atoms with Crippen molar-refractivity contribution in [1.29, 1.82) is 0 Å². The van der Waals surface area contributed by atoms with Gasteiger partial charge in [-0.1, -0.05) is 48.3 Å². The topological polar surface area (TPSA) is 51.2 Å². The largest absolute Gasteiger partial charge is 0.485 e. The standard InChI is InChI=1S/C20H18Cl2N2O2S/c1-13(8-14-6-7-15(21)9-17(14)22)20(25)24-18-4-2-3-5-19(18)26-10-16-11-27-12-23-16/h2-7,9,11-13H,8,10H2,1H3,(H,24,25). The molecular weight excluding hydrogens is 403 g/mol. The van der Waals surface area contributed by atoms with Crippen LogP contribution in [-0.2, 0) is 17.8 Å². The maximum absolute atomic E-state index is 12.6. The van der Waals surface area contributed by atoms with Gasteiger partial charge in [0.15, 0.2) is 0 Å². The minimum Gasteiger partial charge on any atom is -0.485 e. The SMILES string of the molecule is CC(Cc1ccc(Cl)cc1Cl)C(=O)Nc1ccccc1OCc1cscn1. The Labute approximate surface area is 172 Å². The van der Waals surface area contributed by atoms with Crippen LogP contribution in [0.5, 0.6) is 5.75 Å². The molecule has 1 unspecified atom stereocenters. The highest BCUT2D eigenvalue weighted by molar-refractivity contribution is 7.07. The molecule has 0 radical (unpaired) electrons. The molecule has 3 rings (SSSR count). The van der Waals surface area contributed by atoms with Gasteiger partial charge in [0.05, 0.1) is 16.9 Å². The Morgan fingerprint density at radius 2 is 2.07 bits per heavy atom. The average molecular weight is 421 g/mol. The maximum atomic E-state index is 12.6. The van der Waals surface area contributed by atoms with Gasteiger partial charge >= 0.3 is 0 Å². The summed E-state index contributed by atoms with van der Waals surface area (Å²) in [7, 11) is 0. The molecule has 1 N–H and O–H groups in total. The number of rotatable bonds is 7. The fraction of sp³-hybridized carbons (Fsp3) is 0.200. The molecule has 0 aliphatic carbocycles. The van der Waals surface area contributed by atoms with E-state index in [1.165, 1.54) is 11.3 Å². The lowest BCUT2D eigenvalue weighted by molar-refractivity contribution is -0.119. The number of hydrogen-bond acceptors (Lipinski definition) is 4. The second-order valence-corrected chi connectivity index (χ2v) is 7.66. The second kappa shape index (κ2) is 9.22. The zero-order valence-corrected chi connectivity index (χ0v) is 16.9. The van der Waals surface area contributed by atoms with Gasteiger partial charge in [-0.25, -0.2) is 4.98 Å². The summed E-state index contributed by atoms with van der Waals surface area (Å²) in [6, 6.07) is 12.7. The molecule has 1 heterocycles. The number of hydrogen-bond donors (Lipinski definition) is 1. The van der Waals surface area contributed by atoms with Crippen LogP contribution < -0.4 is 10.1 Å². The van der Waals surface area contributed by atoms with Crippen LogP contribution in [0.2, 0.25) is 10.0 Å². The van der Waals surface area contributed by atoms with Crippen molar-refractivity contribution in [1.82, 2.24) is 4.98 Å². The number of nitrogens with zero attached hydrogens (tertiary/aromatic N) is 1. The lowest BCUT2D eigenvalue weighted by atomic mass is 10.00. The minimum absolute atomic E-state index is 0.106. The fourth-order valence-corrected chi connectivity index (χ4v) is 3.55. The summed E-state index contributed by atoms with van der Waals surface area (Å²) in [4.78, 5) is 16.8. The summed E-state index contributed by atoms with van der Waals surface area (Å²) in [6.45, 7) is 2.21. The molecule has 1 atom stereocenters. The Balaban J connectivity index is 1.64.